The highest BCUT2D eigenvalue weighted by Crippen LogP contribution is 2.35. The molecule has 1 aliphatic rings. The van der Waals surface area contributed by atoms with Gasteiger partial charge in [0.1, 0.15) is 0 Å². The van der Waals surface area contributed by atoms with E-state index in [1.54, 1.807) is 0 Å². The Hall–Kier alpha value is -0.890. The van der Waals surface area contributed by atoms with Crippen LogP contribution in [-0.2, 0) is 6.42 Å². The molecule has 0 aromatic carbocycles. The lowest BCUT2D eigenvalue weighted by Crippen LogP contribution is -2.29. The first-order chi connectivity index (χ1) is 8.65. The van der Waals surface area contributed by atoms with Gasteiger partial charge in [-0.1, -0.05) is 13.8 Å². The van der Waals surface area contributed by atoms with Gasteiger partial charge in [0.25, 0.3) is 0 Å². The SMILES string of the molecule is CC1CC(C)CC(C(O)CCc2ccncc2)C1. The van der Waals surface area contributed by atoms with Crippen molar-refractivity contribution in [2.45, 2.75) is 52.1 Å². The minimum atomic E-state index is -0.136. The molecule has 3 atom stereocenters. The maximum atomic E-state index is 10.4. The molecule has 1 saturated carbocycles. The normalized spacial score (nSPS) is 30.1. The van der Waals surface area contributed by atoms with Crippen molar-refractivity contribution in [1.29, 1.82) is 0 Å². The summed E-state index contributed by atoms with van der Waals surface area (Å²) in [7, 11) is 0. The first-order valence-corrected chi connectivity index (χ1v) is 7.22. The fourth-order valence-corrected chi connectivity index (χ4v) is 3.42. The van der Waals surface area contributed by atoms with Crippen LogP contribution in [0, 0.1) is 17.8 Å². The Morgan fingerprint density at radius 1 is 1.17 bits per heavy atom. The fourth-order valence-electron chi connectivity index (χ4n) is 3.42. The van der Waals surface area contributed by atoms with Crippen molar-refractivity contribution in [3.63, 3.8) is 0 Å². The van der Waals surface area contributed by atoms with Crippen LogP contribution in [0.3, 0.4) is 0 Å². The summed E-state index contributed by atoms with van der Waals surface area (Å²) in [5, 5.41) is 10.4. The third-order valence-corrected chi connectivity index (χ3v) is 4.24. The van der Waals surface area contributed by atoms with Crippen LogP contribution in [0.4, 0.5) is 0 Å². The number of nitrogens with zero attached hydrogens (tertiary/aromatic N) is 1. The second-order valence-electron chi connectivity index (χ2n) is 6.14. The van der Waals surface area contributed by atoms with Crippen molar-refractivity contribution in [2.75, 3.05) is 0 Å². The van der Waals surface area contributed by atoms with Crippen LogP contribution < -0.4 is 0 Å². The second-order valence-corrected chi connectivity index (χ2v) is 6.14. The Balaban J connectivity index is 1.82. The Bertz CT molecular complexity index is 341. The van der Waals surface area contributed by atoms with Gasteiger partial charge in [-0.25, -0.2) is 0 Å². The summed E-state index contributed by atoms with van der Waals surface area (Å²) < 4.78 is 0. The average molecular weight is 247 g/mol. The quantitative estimate of drug-likeness (QED) is 0.884. The molecule has 0 radical (unpaired) electrons. The topological polar surface area (TPSA) is 33.1 Å². The van der Waals surface area contributed by atoms with E-state index in [0.717, 1.165) is 24.7 Å². The van der Waals surface area contributed by atoms with Crippen LogP contribution in [0.2, 0.25) is 0 Å². The minimum absolute atomic E-state index is 0.136. The van der Waals surface area contributed by atoms with Gasteiger partial charge in [-0.05, 0) is 67.6 Å². The Labute approximate surface area is 110 Å². The fraction of sp³-hybridized carbons (Fsp3) is 0.688. The molecule has 1 N–H and O–H groups in total. The van der Waals surface area contributed by atoms with Crippen LogP contribution in [0.15, 0.2) is 24.5 Å². The maximum absolute atomic E-state index is 10.4. The van der Waals surface area contributed by atoms with Crippen LogP contribution in [0.5, 0.6) is 0 Å². The van der Waals surface area contributed by atoms with Gasteiger partial charge in [0.05, 0.1) is 6.10 Å². The lowest BCUT2D eigenvalue weighted by molar-refractivity contribution is 0.0500. The number of aromatic nitrogens is 1. The van der Waals surface area contributed by atoms with Crippen molar-refractivity contribution >= 4 is 0 Å². The zero-order chi connectivity index (χ0) is 13.0. The smallest absolute Gasteiger partial charge is 0.0571 e. The molecule has 1 aromatic heterocycles. The van der Waals surface area contributed by atoms with E-state index in [-0.39, 0.29) is 6.10 Å². The Morgan fingerprint density at radius 2 is 1.78 bits per heavy atom. The predicted molar refractivity (Wildman–Crippen MR) is 74.2 cm³/mol. The zero-order valence-corrected chi connectivity index (χ0v) is 11.5. The number of hydrogen-bond donors (Lipinski definition) is 1. The minimum Gasteiger partial charge on any atom is -0.393 e. The summed E-state index contributed by atoms with van der Waals surface area (Å²) in [6, 6.07) is 4.08. The highest BCUT2D eigenvalue weighted by atomic mass is 16.3. The standard InChI is InChI=1S/C16H25NO/c1-12-9-13(2)11-15(10-12)16(18)4-3-14-5-7-17-8-6-14/h5-8,12-13,15-16,18H,3-4,9-11H2,1-2H3. The molecular formula is C16H25NO. The molecule has 2 heteroatoms. The lowest BCUT2D eigenvalue weighted by atomic mass is 9.74. The average Bonchev–Trinajstić information content (AvgIpc) is 2.36. The van der Waals surface area contributed by atoms with Crippen molar-refractivity contribution in [2.24, 2.45) is 17.8 Å². The third-order valence-electron chi connectivity index (χ3n) is 4.24. The molecule has 2 rings (SSSR count). The van der Waals surface area contributed by atoms with E-state index in [2.05, 4.69) is 18.8 Å². The molecule has 2 nitrogen and oxygen atoms in total. The van der Waals surface area contributed by atoms with Gasteiger partial charge in [0.2, 0.25) is 0 Å². The van der Waals surface area contributed by atoms with Crippen LogP contribution in [-0.4, -0.2) is 16.2 Å². The van der Waals surface area contributed by atoms with E-state index in [9.17, 15) is 5.11 Å². The van der Waals surface area contributed by atoms with Crippen molar-refractivity contribution < 1.29 is 5.11 Å². The van der Waals surface area contributed by atoms with Gasteiger partial charge in [-0.2, -0.15) is 0 Å². The molecule has 3 unspecified atom stereocenters. The maximum Gasteiger partial charge on any atom is 0.0571 e. The summed E-state index contributed by atoms with van der Waals surface area (Å²) in [5.74, 6) is 2.05. The molecule has 0 aliphatic heterocycles. The number of hydrogen-bond acceptors (Lipinski definition) is 2. The molecule has 100 valence electrons. The summed E-state index contributed by atoms with van der Waals surface area (Å²) >= 11 is 0. The van der Waals surface area contributed by atoms with E-state index in [4.69, 9.17) is 0 Å². The van der Waals surface area contributed by atoms with Gasteiger partial charge in [0, 0.05) is 12.4 Å². The predicted octanol–water partition coefficient (Wildman–Crippen LogP) is 3.45. The molecule has 0 spiro atoms. The molecular weight excluding hydrogens is 222 g/mol. The molecule has 1 fully saturated rings. The zero-order valence-electron chi connectivity index (χ0n) is 11.5. The van der Waals surface area contributed by atoms with Gasteiger partial charge in [-0.15, -0.1) is 0 Å². The molecule has 1 heterocycles. The van der Waals surface area contributed by atoms with Crippen molar-refractivity contribution in [3.8, 4) is 0 Å². The molecule has 18 heavy (non-hydrogen) atoms. The highest BCUT2D eigenvalue weighted by Gasteiger charge is 2.28. The molecule has 1 aliphatic carbocycles. The van der Waals surface area contributed by atoms with Crippen molar-refractivity contribution in [1.82, 2.24) is 4.98 Å². The van der Waals surface area contributed by atoms with Crippen LogP contribution >= 0.6 is 0 Å². The third kappa shape index (κ3) is 3.81. The number of aryl methyl sites for hydroxylation is 1. The number of aliphatic hydroxyl groups excluding tert-OH is 1. The Morgan fingerprint density at radius 3 is 2.39 bits per heavy atom. The molecule has 1 aromatic rings. The second kappa shape index (κ2) is 6.33. The van der Waals surface area contributed by atoms with Gasteiger partial charge in [0.15, 0.2) is 0 Å². The molecule has 0 bridgehead atoms. The lowest BCUT2D eigenvalue weighted by Gasteiger charge is -2.34. The van der Waals surface area contributed by atoms with E-state index < -0.39 is 0 Å². The van der Waals surface area contributed by atoms with E-state index >= 15 is 0 Å². The summed E-state index contributed by atoms with van der Waals surface area (Å²) in [4.78, 5) is 4.02. The summed E-state index contributed by atoms with van der Waals surface area (Å²) in [6.45, 7) is 4.64. The highest BCUT2D eigenvalue weighted by molar-refractivity contribution is 5.09. The van der Waals surface area contributed by atoms with Crippen LogP contribution in [0.25, 0.3) is 0 Å². The number of aliphatic hydroxyl groups is 1. The monoisotopic (exact) mass is 247 g/mol. The van der Waals surface area contributed by atoms with E-state index in [1.807, 2.05) is 24.5 Å². The number of pyridine rings is 1. The Kier molecular flexibility index (Phi) is 4.76. The van der Waals surface area contributed by atoms with Gasteiger partial charge < -0.3 is 5.11 Å². The largest absolute Gasteiger partial charge is 0.393 e. The first-order valence-electron chi connectivity index (χ1n) is 7.22. The van der Waals surface area contributed by atoms with E-state index in [0.29, 0.717) is 5.92 Å². The molecule has 0 amide bonds. The van der Waals surface area contributed by atoms with Crippen molar-refractivity contribution in [3.05, 3.63) is 30.1 Å². The van der Waals surface area contributed by atoms with Crippen LogP contribution in [0.1, 0.15) is 45.1 Å². The summed E-state index contributed by atoms with van der Waals surface area (Å²) in [6.07, 6.45) is 9.08. The first kappa shape index (κ1) is 13.5. The van der Waals surface area contributed by atoms with Gasteiger partial charge >= 0.3 is 0 Å². The summed E-state index contributed by atoms with van der Waals surface area (Å²) in [5.41, 5.74) is 1.28. The van der Waals surface area contributed by atoms with E-state index in [1.165, 1.54) is 24.8 Å². The molecule has 0 saturated heterocycles. The van der Waals surface area contributed by atoms with Gasteiger partial charge in [-0.3, -0.25) is 4.98 Å². The number of rotatable bonds is 4.